The molecule has 0 fully saturated rings. The summed E-state index contributed by atoms with van der Waals surface area (Å²) < 4.78 is 35.7. The Bertz CT molecular complexity index is 1490. The van der Waals surface area contributed by atoms with Crippen LogP contribution in [0.1, 0.15) is 16.2 Å². The second kappa shape index (κ2) is 8.15. The molecule has 1 amide bonds. The van der Waals surface area contributed by atoms with E-state index < -0.39 is 17.5 Å². The summed E-state index contributed by atoms with van der Waals surface area (Å²) in [5.74, 6) is -1.34. The number of para-hydroxylation sites is 1. The van der Waals surface area contributed by atoms with E-state index in [0.29, 0.717) is 22.5 Å². The molecule has 0 aliphatic rings. The molecule has 3 heterocycles. The van der Waals surface area contributed by atoms with Crippen LogP contribution < -0.4 is 10.1 Å². The van der Waals surface area contributed by atoms with Crippen LogP contribution in [-0.4, -0.2) is 30.9 Å². The molecule has 0 saturated heterocycles. The lowest BCUT2D eigenvalue weighted by atomic mass is 10.2. The monoisotopic (exact) mass is 446 g/mol. The fourth-order valence-electron chi connectivity index (χ4n) is 3.39. The molecule has 0 unspecified atom stereocenters. The minimum atomic E-state index is -0.667. The molecule has 0 aliphatic carbocycles. The molecule has 0 spiro atoms. The number of amides is 1. The number of rotatable bonds is 5. The molecule has 5 aromatic rings. The van der Waals surface area contributed by atoms with Crippen LogP contribution in [0, 0.1) is 18.6 Å². The highest BCUT2D eigenvalue weighted by molar-refractivity contribution is 6.03. The highest BCUT2D eigenvalue weighted by Gasteiger charge is 2.19. The molecule has 0 aliphatic heterocycles. The summed E-state index contributed by atoms with van der Waals surface area (Å²) in [7, 11) is 0. The van der Waals surface area contributed by atoms with Crippen molar-refractivity contribution >= 4 is 22.6 Å². The van der Waals surface area contributed by atoms with Gasteiger partial charge in [0, 0.05) is 24.1 Å². The molecule has 0 saturated carbocycles. The van der Waals surface area contributed by atoms with Crippen molar-refractivity contribution in [3.8, 4) is 17.2 Å². The van der Waals surface area contributed by atoms with E-state index in [1.54, 1.807) is 43.6 Å². The number of anilines is 1. The minimum Gasteiger partial charge on any atom is -0.453 e. The van der Waals surface area contributed by atoms with Crippen LogP contribution in [0.5, 0.6) is 11.5 Å². The Morgan fingerprint density at radius 2 is 1.91 bits per heavy atom. The van der Waals surface area contributed by atoms with E-state index in [0.717, 1.165) is 6.07 Å². The Balaban J connectivity index is 1.35. The Morgan fingerprint density at radius 1 is 1.06 bits per heavy atom. The van der Waals surface area contributed by atoms with E-state index in [9.17, 15) is 13.6 Å². The maximum Gasteiger partial charge on any atom is 0.278 e. The number of benzene rings is 2. The van der Waals surface area contributed by atoms with Gasteiger partial charge in [0.15, 0.2) is 17.3 Å². The van der Waals surface area contributed by atoms with Crippen molar-refractivity contribution in [1.82, 2.24) is 25.0 Å². The van der Waals surface area contributed by atoms with Crippen LogP contribution in [0.2, 0.25) is 0 Å². The molecule has 164 valence electrons. The maximum atomic E-state index is 14.7. The maximum absolute atomic E-state index is 14.7. The topological polar surface area (TPSA) is 97.7 Å². The number of nitrogens with zero attached hydrogens (tertiary/aromatic N) is 4. The quantitative estimate of drug-likeness (QED) is 0.405. The number of hydrogen-bond donors (Lipinski definition) is 2. The normalized spacial score (nSPS) is 11.0. The van der Waals surface area contributed by atoms with Crippen LogP contribution in [0.25, 0.3) is 16.7 Å². The zero-order valence-corrected chi connectivity index (χ0v) is 17.2. The number of fused-ring (bicyclic) bond motifs is 1. The average molecular weight is 446 g/mol. The number of carbonyl (C=O) groups is 1. The molecule has 2 N–H and O–H groups in total. The number of pyridine rings is 1. The zero-order chi connectivity index (χ0) is 22.9. The summed E-state index contributed by atoms with van der Waals surface area (Å²) >= 11 is 0. The predicted molar refractivity (Wildman–Crippen MR) is 117 cm³/mol. The Labute approximate surface area is 185 Å². The van der Waals surface area contributed by atoms with Gasteiger partial charge in [0.05, 0.1) is 11.1 Å². The van der Waals surface area contributed by atoms with E-state index in [2.05, 4.69) is 25.6 Å². The average Bonchev–Trinajstić information content (AvgIpc) is 3.43. The fourth-order valence-corrected chi connectivity index (χ4v) is 3.39. The van der Waals surface area contributed by atoms with Crippen LogP contribution in [0.4, 0.5) is 14.5 Å². The van der Waals surface area contributed by atoms with E-state index in [1.165, 1.54) is 28.9 Å². The van der Waals surface area contributed by atoms with Crippen molar-refractivity contribution in [2.75, 3.05) is 5.32 Å². The third kappa shape index (κ3) is 3.78. The first kappa shape index (κ1) is 20.3. The summed E-state index contributed by atoms with van der Waals surface area (Å²) in [5.41, 5.74) is 1.32. The minimum absolute atomic E-state index is 0.00868. The van der Waals surface area contributed by atoms with Crippen LogP contribution in [-0.2, 0) is 0 Å². The van der Waals surface area contributed by atoms with Gasteiger partial charge in [0.2, 0.25) is 0 Å². The first-order chi connectivity index (χ1) is 16.0. The van der Waals surface area contributed by atoms with Gasteiger partial charge >= 0.3 is 0 Å². The molecular formula is C23H16F2N6O2. The number of aromatic amines is 1. The molecule has 8 nitrogen and oxygen atoms in total. The van der Waals surface area contributed by atoms with E-state index in [4.69, 9.17) is 4.74 Å². The van der Waals surface area contributed by atoms with Crippen molar-refractivity contribution in [3.63, 3.8) is 0 Å². The first-order valence-electron chi connectivity index (χ1n) is 9.89. The van der Waals surface area contributed by atoms with Gasteiger partial charge in [-0.05, 0) is 43.3 Å². The lowest BCUT2D eigenvalue weighted by molar-refractivity contribution is 0.102. The predicted octanol–water partition coefficient (Wildman–Crippen LogP) is 4.77. The Hall–Kier alpha value is -4.60. The van der Waals surface area contributed by atoms with E-state index >= 15 is 0 Å². The smallest absolute Gasteiger partial charge is 0.278 e. The van der Waals surface area contributed by atoms with Gasteiger partial charge in [0.1, 0.15) is 22.9 Å². The van der Waals surface area contributed by atoms with Crippen molar-refractivity contribution in [2.45, 2.75) is 6.92 Å². The number of halogens is 2. The zero-order valence-electron chi connectivity index (χ0n) is 17.2. The molecule has 3 aromatic heterocycles. The highest BCUT2D eigenvalue weighted by atomic mass is 19.1. The van der Waals surface area contributed by atoms with Gasteiger partial charge < -0.3 is 15.0 Å². The number of nitrogens with one attached hydrogen (secondary N) is 2. The summed E-state index contributed by atoms with van der Waals surface area (Å²) in [6.45, 7) is 1.59. The van der Waals surface area contributed by atoms with E-state index in [-0.39, 0.29) is 22.8 Å². The van der Waals surface area contributed by atoms with E-state index in [1.807, 2.05) is 0 Å². The summed E-state index contributed by atoms with van der Waals surface area (Å²) in [6.07, 6.45) is 3.27. The molecule has 33 heavy (non-hydrogen) atoms. The van der Waals surface area contributed by atoms with Gasteiger partial charge in [-0.1, -0.05) is 17.3 Å². The second-order valence-corrected chi connectivity index (χ2v) is 7.14. The summed E-state index contributed by atoms with van der Waals surface area (Å²) in [5, 5.41) is 11.0. The van der Waals surface area contributed by atoms with Gasteiger partial charge in [-0.3, -0.25) is 4.79 Å². The number of aromatic nitrogens is 5. The molecular weight excluding hydrogens is 430 g/mol. The number of hydrogen-bond acceptors (Lipinski definition) is 5. The number of ether oxygens (including phenoxy) is 1. The Morgan fingerprint density at radius 3 is 2.73 bits per heavy atom. The van der Waals surface area contributed by atoms with Gasteiger partial charge in [-0.25, -0.2) is 18.4 Å². The molecule has 2 aromatic carbocycles. The third-order valence-corrected chi connectivity index (χ3v) is 5.02. The van der Waals surface area contributed by atoms with Crippen LogP contribution in [0.15, 0.2) is 67.0 Å². The van der Waals surface area contributed by atoms with Crippen LogP contribution in [0.3, 0.4) is 0 Å². The number of H-pyrrole nitrogens is 1. The van der Waals surface area contributed by atoms with Gasteiger partial charge in [0.25, 0.3) is 5.91 Å². The molecule has 5 rings (SSSR count). The van der Waals surface area contributed by atoms with Gasteiger partial charge in [-0.2, -0.15) is 0 Å². The molecule has 0 radical (unpaired) electrons. The number of carbonyl (C=O) groups excluding carboxylic acids is 1. The lowest BCUT2D eigenvalue weighted by Gasteiger charge is -2.10. The standard InChI is InChI=1S/C23H16F2N6O2/c1-13-21(29-30-31(13)18-5-3-2-4-16(18)24)23(32)28-14-6-7-20(17(25)12-14)33-19-9-11-27-22-15(19)8-10-26-22/h2-12H,1H3,(H,26,27)(H,28,32). The van der Waals surface area contributed by atoms with Gasteiger partial charge in [-0.15, -0.1) is 5.10 Å². The second-order valence-electron chi connectivity index (χ2n) is 7.14. The summed E-state index contributed by atoms with van der Waals surface area (Å²) in [4.78, 5) is 19.8. The largest absolute Gasteiger partial charge is 0.453 e. The summed E-state index contributed by atoms with van der Waals surface area (Å²) in [6, 6.07) is 13.5. The third-order valence-electron chi connectivity index (χ3n) is 5.02. The fraction of sp³-hybridized carbons (Fsp3) is 0.0435. The van der Waals surface area contributed by atoms with Crippen molar-refractivity contribution < 1.29 is 18.3 Å². The SMILES string of the molecule is Cc1c(C(=O)Nc2ccc(Oc3ccnc4[nH]ccc34)c(F)c2)nnn1-c1ccccc1F. The van der Waals surface area contributed by atoms with Crippen molar-refractivity contribution in [2.24, 2.45) is 0 Å². The Kier molecular flexibility index (Phi) is 5.02. The van der Waals surface area contributed by atoms with Crippen molar-refractivity contribution in [3.05, 3.63) is 90.0 Å². The first-order valence-corrected chi connectivity index (χ1v) is 9.89. The van der Waals surface area contributed by atoms with Crippen LogP contribution >= 0.6 is 0 Å². The van der Waals surface area contributed by atoms with Crippen molar-refractivity contribution in [1.29, 1.82) is 0 Å². The molecule has 0 atom stereocenters. The lowest BCUT2D eigenvalue weighted by Crippen LogP contribution is -2.14. The molecule has 0 bridgehead atoms. The highest BCUT2D eigenvalue weighted by Crippen LogP contribution is 2.31. The molecule has 10 heteroatoms.